The molecule has 1 aliphatic rings. The molecule has 110 valence electrons. The van der Waals surface area contributed by atoms with Crippen molar-refractivity contribution in [1.29, 1.82) is 0 Å². The summed E-state index contributed by atoms with van der Waals surface area (Å²) in [7, 11) is 0. The molecule has 5 nitrogen and oxygen atoms in total. The maximum Gasteiger partial charge on any atom is 0.261 e. The van der Waals surface area contributed by atoms with Crippen molar-refractivity contribution in [3.05, 3.63) is 40.4 Å². The molecule has 21 heavy (non-hydrogen) atoms. The van der Waals surface area contributed by atoms with Gasteiger partial charge in [0.05, 0.1) is 17.2 Å². The fourth-order valence-corrected chi connectivity index (χ4v) is 2.62. The van der Waals surface area contributed by atoms with Crippen LogP contribution in [-0.4, -0.2) is 21.5 Å². The Bertz CT molecular complexity index is 747. The van der Waals surface area contributed by atoms with E-state index in [1.54, 1.807) is 6.07 Å². The highest BCUT2D eigenvalue weighted by molar-refractivity contribution is 5.81. The topological polar surface area (TPSA) is 64.0 Å². The molecule has 1 saturated carbocycles. The van der Waals surface area contributed by atoms with Crippen LogP contribution >= 0.6 is 0 Å². The predicted octanol–water partition coefficient (Wildman–Crippen LogP) is 1.62. The van der Waals surface area contributed by atoms with E-state index in [1.807, 2.05) is 26.0 Å². The Morgan fingerprint density at radius 2 is 2.24 bits per heavy atom. The number of nitrogens with one attached hydrogen (secondary N) is 1. The predicted molar refractivity (Wildman–Crippen MR) is 81.1 cm³/mol. The number of aromatic nitrogens is 2. The van der Waals surface area contributed by atoms with E-state index in [1.165, 1.54) is 23.7 Å². The number of carbonyl (C=O) groups excluding carboxylic acids is 1. The minimum absolute atomic E-state index is 0.0206. The minimum Gasteiger partial charge on any atom is -0.352 e. The highest BCUT2D eigenvalue weighted by atomic mass is 16.2. The molecule has 5 heteroatoms. The van der Waals surface area contributed by atoms with Crippen LogP contribution in [0.3, 0.4) is 0 Å². The maximum absolute atomic E-state index is 12.4. The summed E-state index contributed by atoms with van der Waals surface area (Å²) in [5, 5.41) is 3.51. The third kappa shape index (κ3) is 2.82. The third-order valence-electron chi connectivity index (χ3n) is 4.09. The zero-order chi connectivity index (χ0) is 15.0. The average Bonchev–Trinajstić information content (AvgIpc) is 3.27. The van der Waals surface area contributed by atoms with E-state index in [4.69, 9.17) is 0 Å². The second kappa shape index (κ2) is 5.31. The monoisotopic (exact) mass is 285 g/mol. The number of hydrogen-bond acceptors (Lipinski definition) is 3. The summed E-state index contributed by atoms with van der Waals surface area (Å²) in [6, 6.07) is 5.69. The van der Waals surface area contributed by atoms with Crippen LogP contribution in [0.5, 0.6) is 0 Å². The van der Waals surface area contributed by atoms with E-state index in [0.717, 1.165) is 5.56 Å². The summed E-state index contributed by atoms with van der Waals surface area (Å²) in [5.41, 5.74) is 1.49. The summed E-state index contributed by atoms with van der Waals surface area (Å²) in [6.07, 6.45) is 3.81. The molecule has 3 rings (SSSR count). The molecule has 0 spiro atoms. The van der Waals surface area contributed by atoms with E-state index in [-0.39, 0.29) is 24.1 Å². The summed E-state index contributed by atoms with van der Waals surface area (Å²) >= 11 is 0. The standard InChI is InChI=1S/C16H19N3O2/c1-10-4-3-5-13-15(10)17-9-19(16(13)21)8-14(20)18-11(2)12-6-7-12/h3-5,9,11-12H,6-8H2,1-2H3,(H,18,20)/t11-/m0/s1. The zero-order valence-electron chi connectivity index (χ0n) is 12.3. The lowest BCUT2D eigenvalue weighted by atomic mass is 10.1. The van der Waals surface area contributed by atoms with Crippen LogP contribution in [0.4, 0.5) is 0 Å². The van der Waals surface area contributed by atoms with Crippen LogP contribution in [-0.2, 0) is 11.3 Å². The van der Waals surface area contributed by atoms with Crippen molar-refractivity contribution in [2.45, 2.75) is 39.3 Å². The second-order valence-corrected chi connectivity index (χ2v) is 5.84. The Morgan fingerprint density at radius 3 is 2.95 bits per heavy atom. The molecule has 1 aliphatic carbocycles. The number of amides is 1. The van der Waals surface area contributed by atoms with E-state index in [9.17, 15) is 9.59 Å². The molecule has 1 amide bonds. The van der Waals surface area contributed by atoms with Gasteiger partial charge < -0.3 is 5.32 Å². The molecular weight excluding hydrogens is 266 g/mol. The number of rotatable bonds is 4. The Morgan fingerprint density at radius 1 is 1.48 bits per heavy atom. The largest absolute Gasteiger partial charge is 0.352 e. The van der Waals surface area contributed by atoms with E-state index < -0.39 is 0 Å². The quantitative estimate of drug-likeness (QED) is 0.928. The first-order valence-corrected chi connectivity index (χ1v) is 7.30. The van der Waals surface area contributed by atoms with Crippen LogP contribution < -0.4 is 10.9 Å². The Kier molecular flexibility index (Phi) is 3.49. The smallest absolute Gasteiger partial charge is 0.261 e. The van der Waals surface area contributed by atoms with E-state index >= 15 is 0 Å². The Labute approximate surface area is 123 Å². The van der Waals surface area contributed by atoms with Crippen LogP contribution in [0, 0.1) is 12.8 Å². The molecule has 1 aromatic carbocycles. The van der Waals surface area contributed by atoms with Crippen molar-refractivity contribution in [2.75, 3.05) is 0 Å². The fraction of sp³-hybridized carbons (Fsp3) is 0.438. The van der Waals surface area contributed by atoms with Crippen LogP contribution in [0.15, 0.2) is 29.3 Å². The number of fused-ring (bicyclic) bond motifs is 1. The van der Waals surface area contributed by atoms with Gasteiger partial charge in [-0.25, -0.2) is 4.98 Å². The summed E-state index contributed by atoms with van der Waals surface area (Å²) in [4.78, 5) is 28.7. The lowest BCUT2D eigenvalue weighted by molar-refractivity contribution is -0.122. The molecule has 1 heterocycles. The van der Waals surface area contributed by atoms with Gasteiger partial charge in [0.1, 0.15) is 6.54 Å². The number of hydrogen-bond donors (Lipinski definition) is 1. The first-order chi connectivity index (χ1) is 10.1. The van der Waals surface area contributed by atoms with Gasteiger partial charge in [0.25, 0.3) is 5.56 Å². The Balaban J connectivity index is 1.82. The zero-order valence-corrected chi connectivity index (χ0v) is 12.3. The molecule has 1 fully saturated rings. The van der Waals surface area contributed by atoms with Gasteiger partial charge in [-0.3, -0.25) is 14.2 Å². The lowest BCUT2D eigenvalue weighted by Crippen LogP contribution is -2.38. The number of para-hydroxylation sites is 1. The Hall–Kier alpha value is -2.17. The van der Waals surface area contributed by atoms with Gasteiger partial charge in [0.15, 0.2) is 0 Å². The van der Waals surface area contributed by atoms with Gasteiger partial charge in [-0.15, -0.1) is 0 Å². The summed E-state index contributed by atoms with van der Waals surface area (Å²) < 4.78 is 1.37. The van der Waals surface area contributed by atoms with Crippen molar-refractivity contribution in [3.63, 3.8) is 0 Å². The SMILES string of the molecule is Cc1cccc2c(=O)n(CC(=O)N[C@@H](C)C3CC3)cnc12. The third-order valence-corrected chi connectivity index (χ3v) is 4.09. The number of aryl methyl sites for hydroxylation is 1. The van der Waals surface area contributed by atoms with Crippen LogP contribution in [0.25, 0.3) is 10.9 Å². The van der Waals surface area contributed by atoms with Gasteiger partial charge >= 0.3 is 0 Å². The number of benzene rings is 1. The second-order valence-electron chi connectivity index (χ2n) is 5.84. The maximum atomic E-state index is 12.4. The molecule has 0 unspecified atom stereocenters. The van der Waals surface area contributed by atoms with Gasteiger partial charge in [0, 0.05) is 6.04 Å². The lowest BCUT2D eigenvalue weighted by Gasteiger charge is -2.13. The fourth-order valence-electron chi connectivity index (χ4n) is 2.62. The number of carbonyl (C=O) groups is 1. The van der Waals surface area contributed by atoms with Crippen molar-refractivity contribution >= 4 is 16.8 Å². The van der Waals surface area contributed by atoms with Crippen molar-refractivity contribution in [3.8, 4) is 0 Å². The van der Waals surface area contributed by atoms with Crippen molar-refractivity contribution in [2.24, 2.45) is 5.92 Å². The van der Waals surface area contributed by atoms with Gasteiger partial charge in [0.2, 0.25) is 5.91 Å². The van der Waals surface area contributed by atoms with Gasteiger partial charge in [-0.1, -0.05) is 12.1 Å². The van der Waals surface area contributed by atoms with Crippen molar-refractivity contribution < 1.29 is 4.79 Å². The molecule has 0 radical (unpaired) electrons. The molecule has 1 N–H and O–H groups in total. The average molecular weight is 285 g/mol. The number of nitrogens with zero attached hydrogens (tertiary/aromatic N) is 2. The first-order valence-electron chi connectivity index (χ1n) is 7.30. The molecule has 0 saturated heterocycles. The minimum atomic E-state index is -0.169. The van der Waals surface area contributed by atoms with Crippen molar-refractivity contribution in [1.82, 2.24) is 14.9 Å². The van der Waals surface area contributed by atoms with E-state index in [2.05, 4.69) is 10.3 Å². The van der Waals surface area contributed by atoms with E-state index in [0.29, 0.717) is 16.8 Å². The first kappa shape index (κ1) is 13.8. The summed E-state index contributed by atoms with van der Waals surface area (Å²) in [6.45, 7) is 3.95. The van der Waals surface area contributed by atoms with Crippen LogP contribution in [0.1, 0.15) is 25.3 Å². The van der Waals surface area contributed by atoms with Crippen LogP contribution in [0.2, 0.25) is 0 Å². The molecule has 1 atom stereocenters. The summed E-state index contributed by atoms with van der Waals surface area (Å²) in [5.74, 6) is 0.466. The highest BCUT2D eigenvalue weighted by Gasteiger charge is 2.28. The normalized spacial score (nSPS) is 15.9. The molecule has 1 aromatic heterocycles. The highest BCUT2D eigenvalue weighted by Crippen LogP contribution is 2.32. The molecule has 0 aliphatic heterocycles. The molecular formula is C16H19N3O2. The van der Waals surface area contributed by atoms with Gasteiger partial charge in [-0.05, 0) is 44.2 Å². The molecule has 2 aromatic rings. The molecule has 0 bridgehead atoms. The van der Waals surface area contributed by atoms with Gasteiger partial charge in [-0.2, -0.15) is 0 Å².